The zero-order chi connectivity index (χ0) is 20.4. The lowest BCUT2D eigenvalue weighted by Crippen LogP contribution is -2.25. The Labute approximate surface area is 165 Å². The van der Waals surface area contributed by atoms with Crippen molar-refractivity contribution in [2.75, 3.05) is 20.1 Å². The maximum atomic E-state index is 12.4. The molecule has 27 heavy (non-hydrogen) atoms. The number of hydrogen-bond acceptors (Lipinski definition) is 4. The number of nitrogens with zero attached hydrogens (tertiary/aromatic N) is 3. The molecule has 0 N–H and O–H groups in total. The van der Waals surface area contributed by atoms with E-state index >= 15 is 0 Å². The zero-order valence-electron chi connectivity index (χ0n) is 15.8. The highest BCUT2D eigenvalue weighted by Gasteiger charge is 2.14. The minimum Gasteiger partial charge on any atom is -0.306 e. The van der Waals surface area contributed by atoms with Gasteiger partial charge >= 0.3 is 0 Å². The van der Waals surface area contributed by atoms with Crippen LogP contribution >= 0.6 is 11.6 Å². The van der Waals surface area contributed by atoms with Gasteiger partial charge in [-0.15, -0.1) is 0 Å². The van der Waals surface area contributed by atoms with Gasteiger partial charge in [-0.05, 0) is 56.3 Å². The molecule has 5 nitrogen and oxygen atoms in total. The second-order valence-electron chi connectivity index (χ2n) is 6.13. The first kappa shape index (κ1) is 22.5. The Morgan fingerprint density at radius 1 is 1.26 bits per heavy atom. The fourth-order valence-corrected chi connectivity index (χ4v) is 2.54. The molecular weight excluding hydrogens is 362 g/mol. The van der Waals surface area contributed by atoms with Crippen molar-refractivity contribution in [3.05, 3.63) is 77.0 Å². The molecular formula is C21H26ClN3O2. The predicted molar refractivity (Wildman–Crippen MR) is 114 cm³/mol. The summed E-state index contributed by atoms with van der Waals surface area (Å²) in [6, 6.07) is 0. The van der Waals surface area contributed by atoms with E-state index in [-0.39, 0.29) is 17.7 Å². The Hall–Kier alpha value is -2.50. The number of allylic oxidation sites excluding steroid dienone is 5. The number of aldehydes is 1. The highest BCUT2D eigenvalue weighted by molar-refractivity contribution is 6.30. The van der Waals surface area contributed by atoms with E-state index in [2.05, 4.69) is 43.2 Å². The van der Waals surface area contributed by atoms with E-state index in [1.165, 1.54) is 42.9 Å². The maximum absolute atomic E-state index is 12.4. The third kappa shape index (κ3) is 6.96. The molecule has 0 aromatic carbocycles. The van der Waals surface area contributed by atoms with E-state index in [9.17, 15) is 9.59 Å². The van der Waals surface area contributed by atoms with E-state index in [1.54, 1.807) is 12.2 Å². The Morgan fingerprint density at radius 3 is 2.33 bits per heavy atom. The lowest BCUT2D eigenvalue weighted by atomic mass is 9.99. The number of likely N-dealkylation sites (tertiary alicyclic amines) is 1. The minimum absolute atomic E-state index is 0.0790. The second kappa shape index (κ2) is 11.3. The summed E-state index contributed by atoms with van der Waals surface area (Å²) in [4.78, 5) is 29.4. The lowest BCUT2D eigenvalue weighted by Gasteiger charge is -2.10. The summed E-state index contributed by atoms with van der Waals surface area (Å²) in [6.45, 7) is 17.4. The van der Waals surface area contributed by atoms with Crippen LogP contribution in [0, 0.1) is 0 Å². The largest absolute Gasteiger partial charge is 0.306 e. The highest BCUT2D eigenvalue weighted by Crippen LogP contribution is 2.21. The van der Waals surface area contributed by atoms with Gasteiger partial charge in [-0.1, -0.05) is 44.0 Å². The van der Waals surface area contributed by atoms with Crippen molar-refractivity contribution in [1.82, 2.24) is 14.5 Å². The normalized spacial score (nSPS) is 13.7. The van der Waals surface area contributed by atoms with Crippen molar-refractivity contribution >= 4 is 29.5 Å². The van der Waals surface area contributed by atoms with Crippen molar-refractivity contribution in [3.8, 4) is 0 Å². The summed E-state index contributed by atoms with van der Waals surface area (Å²) in [5.74, 6) is 0. The molecule has 2 heterocycles. The van der Waals surface area contributed by atoms with Crippen LogP contribution < -0.4 is 5.56 Å². The number of carbonyl (C=O) groups is 1. The van der Waals surface area contributed by atoms with Crippen LogP contribution in [0.15, 0.2) is 60.2 Å². The Morgan fingerprint density at radius 2 is 1.89 bits per heavy atom. The minimum atomic E-state index is -0.378. The Balaban J connectivity index is 0.000000511. The molecule has 2 rings (SSSR count). The molecule has 0 radical (unpaired) electrons. The average molecular weight is 388 g/mol. The molecule has 1 fully saturated rings. The average Bonchev–Trinajstić information content (AvgIpc) is 3.12. The monoisotopic (exact) mass is 387 g/mol. The second-order valence-corrected chi connectivity index (χ2v) is 6.61. The van der Waals surface area contributed by atoms with Crippen molar-refractivity contribution < 1.29 is 4.79 Å². The summed E-state index contributed by atoms with van der Waals surface area (Å²) < 4.78 is 1.19. The lowest BCUT2D eigenvalue weighted by molar-refractivity contribution is -0.108. The number of aromatic nitrogens is 2. The molecule has 0 unspecified atom stereocenters. The number of rotatable bonds is 7. The molecule has 1 aromatic heterocycles. The molecule has 1 aliphatic heterocycles. The number of halogens is 1. The van der Waals surface area contributed by atoms with Gasteiger partial charge < -0.3 is 9.69 Å². The molecule has 1 aromatic rings. The molecule has 6 heteroatoms. The van der Waals surface area contributed by atoms with Crippen LogP contribution in [0.5, 0.6) is 0 Å². The topological polar surface area (TPSA) is 55.2 Å². The molecule has 0 atom stereocenters. The van der Waals surface area contributed by atoms with Crippen LogP contribution in [0.1, 0.15) is 24.1 Å². The smallest absolute Gasteiger partial charge is 0.262 e. The van der Waals surface area contributed by atoms with Crippen LogP contribution in [-0.2, 0) is 11.3 Å². The van der Waals surface area contributed by atoms with E-state index < -0.39 is 0 Å². The van der Waals surface area contributed by atoms with Gasteiger partial charge in [0.25, 0.3) is 5.56 Å². The highest BCUT2D eigenvalue weighted by atomic mass is 35.5. The Bertz CT molecular complexity index is 815. The van der Waals surface area contributed by atoms with Crippen LogP contribution in [0.2, 0.25) is 0 Å². The van der Waals surface area contributed by atoms with E-state index in [4.69, 9.17) is 11.6 Å². The summed E-state index contributed by atoms with van der Waals surface area (Å²) in [7, 11) is 2.17. The van der Waals surface area contributed by atoms with Crippen LogP contribution in [-0.4, -0.2) is 40.9 Å². The first-order chi connectivity index (χ1) is 12.8. The van der Waals surface area contributed by atoms with Gasteiger partial charge in [0.05, 0.1) is 24.1 Å². The molecule has 0 spiro atoms. The third-order valence-electron chi connectivity index (χ3n) is 4.02. The van der Waals surface area contributed by atoms with Gasteiger partial charge in [-0.2, -0.15) is 0 Å². The van der Waals surface area contributed by atoms with Gasteiger partial charge in [0, 0.05) is 5.03 Å². The molecule has 144 valence electrons. The van der Waals surface area contributed by atoms with Crippen LogP contribution in [0.25, 0.3) is 11.6 Å². The van der Waals surface area contributed by atoms with Gasteiger partial charge in [0.1, 0.15) is 6.29 Å². The van der Waals surface area contributed by atoms with E-state index in [0.717, 1.165) is 0 Å². The van der Waals surface area contributed by atoms with Crippen LogP contribution in [0.4, 0.5) is 0 Å². The van der Waals surface area contributed by atoms with E-state index in [0.29, 0.717) is 28.2 Å². The van der Waals surface area contributed by atoms with E-state index in [1.807, 2.05) is 0 Å². The SMILES string of the molecule is C=Cc1ncn(CC=O)c(=O)c1C(=C)C(=C)/C=C\C(=C)Cl.CN1CCCC1. The molecule has 1 aliphatic rings. The van der Waals surface area contributed by atoms with Crippen molar-refractivity contribution in [1.29, 1.82) is 0 Å². The third-order valence-corrected chi connectivity index (χ3v) is 4.14. The fraction of sp³-hybridized carbons (Fsp3) is 0.286. The van der Waals surface area contributed by atoms with Crippen molar-refractivity contribution in [3.63, 3.8) is 0 Å². The quantitative estimate of drug-likeness (QED) is 0.529. The maximum Gasteiger partial charge on any atom is 0.262 e. The predicted octanol–water partition coefficient (Wildman–Crippen LogP) is 3.68. The summed E-state index contributed by atoms with van der Waals surface area (Å²) >= 11 is 5.64. The van der Waals surface area contributed by atoms with Gasteiger partial charge in [0.2, 0.25) is 0 Å². The number of hydrogen-bond donors (Lipinski definition) is 0. The standard InChI is InChI=1S/C16H15ClN2O2.C5H11N/c1-5-14-15(13(4)11(2)6-7-12(3)17)16(21)19(8-9-20)10-18-14;1-6-4-2-3-5-6/h5-7,9-10H,1-4,8H2;2-5H2,1H3/b7-6-;. The summed E-state index contributed by atoms with van der Waals surface area (Å²) in [5, 5.41) is 0.331. The molecule has 0 amide bonds. The van der Waals surface area contributed by atoms with Crippen LogP contribution in [0.3, 0.4) is 0 Å². The summed E-state index contributed by atoms with van der Waals surface area (Å²) in [6.07, 6.45) is 9.33. The molecule has 0 aliphatic carbocycles. The summed E-state index contributed by atoms with van der Waals surface area (Å²) in [5.41, 5.74) is 1.13. The first-order valence-corrected chi connectivity index (χ1v) is 8.94. The molecule has 0 bridgehead atoms. The first-order valence-electron chi connectivity index (χ1n) is 8.56. The van der Waals surface area contributed by atoms with Crippen molar-refractivity contribution in [2.45, 2.75) is 19.4 Å². The van der Waals surface area contributed by atoms with Crippen molar-refractivity contribution in [2.24, 2.45) is 0 Å². The molecule has 0 saturated carbocycles. The fourth-order valence-electron chi connectivity index (χ4n) is 2.48. The zero-order valence-corrected chi connectivity index (χ0v) is 16.5. The molecule has 1 saturated heterocycles. The van der Waals surface area contributed by atoms with Gasteiger partial charge in [-0.25, -0.2) is 4.98 Å². The van der Waals surface area contributed by atoms with Gasteiger partial charge in [-0.3, -0.25) is 9.36 Å². The number of carbonyl (C=O) groups excluding carboxylic acids is 1. The van der Waals surface area contributed by atoms with Gasteiger partial charge in [0.15, 0.2) is 0 Å². The Kier molecular flexibility index (Phi) is 9.40.